The summed E-state index contributed by atoms with van der Waals surface area (Å²) in [5, 5.41) is 10.1. The second kappa shape index (κ2) is 6.16. The molecule has 1 aromatic heterocycles. The van der Waals surface area contributed by atoms with E-state index < -0.39 is 29.8 Å². The number of hydrogen-bond acceptors (Lipinski definition) is 5. The summed E-state index contributed by atoms with van der Waals surface area (Å²) < 4.78 is 38.6. The van der Waals surface area contributed by atoms with Crippen LogP contribution in [0.15, 0.2) is 41.4 Å². The van der Waals surface area contributed by atoms with Gasteiger partial charge in [0.05, 0.1) is 5.56 Å². The molecule has 1 aromatic carbocycles. The molecule has 0 fully saturated rings. The van der Waals surface area contributed by atoms with Crippen molar-refractivity contribution in [1.82, 2.24) is 4.90 Å². The number of nitrogens with two attached hydrogens (primary N) is 1. The van der Waals surface area contributed by atoms with Crippen molar-refractivity contribution in [3.05, 3.63) is 46.8 Å². The molecule has 132 valence electrons. The molecule has 9 heteroatoms. The van der Waals surface area contributed by atoms with Gasteiger partial charge in [0.1, 0.15) is 6.04 Å². The number of thiophene rings is 1. The number of likely N-dealkylation sites (N-methyl/N-ethyl adjacent to an activating group) is 1. The van der Waals surface area contributed by atoms with Crippen LogP contribution in [0.1, 0.15) is 16.5 Å². The minimum atomic E-state index is -4.43. The standard InChI is InChI=1S/C16H14F3N3O2S/c1-22-14(24)13(23)12(21-15(22)20)11-6-5-10(25-11)8-3-2-4-9(7-8)16(17,18)19/h2-7,12-13,23H,1H3,(H2,20,21)/t12-,13+/m0/s1. The third-order valence-electron chi connectivity index (χ3n) is 3.89. The monoisotopic (exact) mass is 369 g/mol. The van der Waals surface area contributed by atoms with E-state index in [1.807, 2.05) is 0 Å². The van der Waals surface area contributed by atoms with Gasteiger partial charge >= 0.3 is 6.18 Å². The molecule has 25 heavy (non-hydrogen) atoms. The molecule has 1 amide bonds. The Bertz CT molecular complexity index is 847. The largest absolute Gasteiger partial charge is 0.416 e. The van der Waals surface area contributed by atoms with E-state index in [9.17, 15) is 23.1 Å². The second-order valence-corrected chi connectivity index (χ2v) is 6.67. The van der Waals surface area contributed by atoms with Gasteiger partial charge in [0, 0.05) is 16.8 Å². The van der Waals surface area contributed by atoms with Crippen LogP contribution >= 0.6 is 11.3 Å². The van der Waals surface area contributed by atoms with Crippen LogP contribution in [0, 0.1) is 0 Å². The number of hydrogen-bond donors (Lipinski definition) is 2. The molecular formula is C16H14F3N3O2S. The van der Waals surface area contributed by atoms with Gasteiger partial charge in [0.25, 0.3) is 5.91 Å². The van der Waals surface area contributed by atoms with Crippen LogP contribution in [-0.2, 0) is 11.0 Å². The highest BCUT2D eigenvalue weighted by atomic mass is 32.1. The van der Waals surface area contributed by atoms with E-state index in [-0.39, 0.29) is 5.96 Å². The molecule has 0 unspecified atom stereocenters. The Morgan fingerprint density at radius 3 is 2.68 bits per heavy atom. The Hall–Kier alpha value is -2.39. The third kappa shape index (κ3) is 3.24. The summed E-state index contributed by atoms with van der Waals surface area (Å²) in [6.07, 6.45) is -5.81. The van der Waals surface area contributed by atoms with Gasteiger partial charge in [0.15, 0.2) is 12.1 Å². The van der Waals surface area contributed by atoms with Crippen molar-refractivity contribution in [3.8, 4) is 10.4 Å². The van der Waals surface area contributed by atoms with Crippen LogP contribution in [0.4, 0.5) is 13.2 Å². The molecule has 2 aromatic rings. The van der Waals surface area contributed by atoms with E-state index in [1.54, 1.807) is 18.2 Å². The average Bonchev–Trinajstić information content (AvgIpc) is 3.05. The Labute approximate surface area is 145 Å². The zero-order valence-electron chi connectivity index (χ0n) is 13.0. The third-order valence-corrected chi connectivity index (χ3v) is 5.10. The van der Waals surface area contributed by atoms with E-state index in [1.165, 1.54) is 13.1 Å². The first-order valence-electron chi connectivity index (χ1n) is 7.25. The summed E-state index contributed by atoms with van der Waals surface area (Å²) in [6.45, 7) is 0. The lowest BCUT2D eigenvalue weighted by Crippen LogP contribution is -2.50. The van der Waals surface area contributed by atoms with Crippen molar-refractivity contribution in [2.45, 2.75) is 18.3 Å². The molecule has 1 aliphatic rings. The number of nitrogens with zero attached hydrogens (tertiary/aromatic N) is 2. The van der Waals surface area contributed by atoms with Crippen molar-refractivity contribution in [2.75, 3.05) is 7.05 Å². The van der Waals surface area contributed by atoms with Crippen LogP contribution in [-0.4, -0.2) is 35.0 Å². The number of aliphatic imine (C=N–C) groups is 1. The van der Waals surface area contributed by atoms with Crippen molar-refractivity contribution in [2.24, 2.45) is 10.7 Å². The minimum absolute atomic E-state index is 0.0191. The number of aliphatic hydroxyl groups excluding tert-OH is 1. The molecule has 1 aliphatic heterocycles. The first-order chi connectivity index (χ1) is 11.7. The van der Waals surface area contributed by atoms with Crippen LogP contribution in [0.5, 0.6) is 0 Å². The highest BCUT2D eigenvalue weighted by molar-refractivity contribution is 7.15. The highest BCUT2D eigenvalue weighted by Gasteiger charge is 2.36. The first-order valence-corrected chi connectivity index (χ1v) is 8.06. The van der Waals surface area contributed by atoms with Crippen LogP contribution in [0.2, 0.25) is 0 Å². The number of carbonyl (C=O) groups is 1. The summed E-state index contributed by atoms with van der Waals surface area (Å²) in [4.78, 5) is 18.2. The van der Waals surface area contributed by atoms with E-state index in [4.69, 9.17) is 5.73 Å². The molecule has 5 nitrogen and oxygen atoms in total. The maximum absolute atomic E-state index is 12.9. The number of aliphatic hydroxyl groups is 1. The molecule has 3 N–H and O–H groups in total. The van der Waals surface area contributed by atoms with Crippen molar-refractivity contribution in [3.63, 3.8) is 0 Å². The maximum Gasteiger partial charge on any atom is 0.416 e. The molecule has 0 radical (unpaired) electrons. The molecule has 0 saturated heterocycles. The SMILES string of the molecule is CN1C(=O)[C@H](O)[C@H](c2ccc(-c3cccc(C(F)(F)F)c3)s2)N=C1N. The van der Waals surface area contributed by atoms with Crippen molar-refractivity contribution >= 4 is 23.2 Å². The van der Waals surface area contributed by atoms with E-state index in [0.717, 1.165) is 28.4 Å². The van der Waals surface area contributed by atoms with Gasteiger partial charge in [-0.3, -0.25) is 9.69 Å². The first kappa shape index (κ1) is 17.4. The second-order valence-electron chi connectivity index (χ2n) is 5.55. The number of benzene rings is 1. The number of halogens is 3. The zero-order valence-corrected chi connectivity index (χ0v) is 13.8. The number of guanidine groups is 1. The maximum atomic E-state index is 12.9. The van der Waals surface area contributed by atoms with Gasteiger partial charge in [-0.2, -0.15) is 13.2 Å². The fourth-order valence-electron chi connectivity index (χ4n) is 2.48. The average molecular weight is 369 g/mol. The molecule has 2 atom stereocenters. The summed E-state index contributed by atoms with van der Waals surface area (Å²) in [6, 6.07) is 7.36. The fourth-order valence-corrected chi connectivity index (χ4v) is 3.55. The Morgan fingerprint density at radius 2 is 2.00 bits per heavy atom. The zero-order chi connectivity index (χ0) is 18.4. The summed E-state index contributed by atoms with van der Waals surface area (Å²) in [5.41, 5.74) is 5.33. The molecule has 0 bridgehead atoms. The molecule has 0 aliphatic carbocycles. The molecule has 0 saturated carbocycles. The normalized spacial score (nSPS) is 21.4. The van der Waals surface area contributed by atoms with Gasteiger partial charge in [-0.1, -0.05) is 12.1 Å². The van der Waals surface area contributed by atoms with Crippen LogP contribution in [0.25, 0.3) is 10.4 Å². The Kier molecular flexibility index (Phi) is 4.29. The van der Waals surface area contributed by atoms with Gasteiger partial charge in [0.2, 0.25) is 0 Å². The Balaban J connectivity index is 1.95. The van der Waals surface area contributed by atoms with Crippen LogP contribution in [0.3, 0.4) is 0 Å². The van der Waals surface area contributed by atoms with E-state index in [2.05, 4.69) is 4.99 Å². The number of carbonyl (C=O) groups excluding carboxylic acids is 1. The van der Waals surface area contributed by atoms with Gasteiger partial charge in [-0.15, -0.1) is 11.3 Å². The predicted molar refractivity (Wildman–Crippen MR) is 87.9 cm³/mol. The topological polar surface area (TPSA) is 78.9 Å². The van der Waals surface area contributed by atoms with Crippen LogP contribution < -0.4 is 5.73 Å². The molecule has 0 spiro atoms. The molecular weight excluding hydrogens is 355 g/mol. The Morgan fingerprint density at radius 1 is 1.28 bits per heavy atom. The predicted octanol–water partition coefficient (Wildman–Crippen LogP) is 2.62. The quantitative estimate of drug-likeness (QED) is 0.854. The summed E-state index contributed by atoms with van der Waals surface area (Å²) >= 11 is 1.16. The van der Waals surface area contributed by atoms with Gasteiger partial charge < -0.3 is 10.8 Å². The van der Waals surface area contributed by atoms with E-state index >= 15 is 0 Å². The van der Waals surface area contributed by atoms with Crippen molar-refractivity contribution < 1.29 is 23.1 Å². The van der Waals surface area contributed by atoms with Crippen molar-refractivity contribution in [1.29, 1.82) is 0 Å². The number of amides is 1. The lowest BCUT2D eigenvalue weighted by atomic mass is 10.1. The number of alkyl halides is 3. The highest BCUT2D eigenvalue weighted by Crippen LogP contribution is 2.38. The number of rotatable bonds is 2. The smallest absolute Gasteiger partial charge is 0.381 e. The summed E-state index contributed by atoms with van der Waals surface area (Å²) in [5.74, 6) is -0.596. The minimum Gasteiger partial charge on any atom is -0.381 e. The van der Waals surface area contributed by atoms with Gasteiger partial charge in [-0.25, -0.2) is 4.99 Å². The van der Waals surface area contributed by atoms with Gasteiger partial charge in [-0.05, 0) is 29.8 Å². The lowest BCUT2D eigenvalue weighted by molar-refractivity contribution is -0.138. The molecule has 3 rings (SSSR count). The summed E-state index contributed by atoms with van der Waals surface area (Å²) in [7, 11) is 1.41. The van der Waals surface area contributed by atoms with E-state index in [0.29, 0.717) is 15.3 Å². The lowest BCUT2D eigenvalue weighted by Gasteiger charge is -2.29. The molecule has 2 heterocycles. The fraction of sp³-hybridized carbons (Fsp3) is 0.250.